The summed E-state index contributed by atoms with van der Waals surface area (Å²) in [4.78, 5) is 22.1. The molecule has 0 saturated carbocycles. The van der Waals surface area contributed by atoms with E-state index in [2.05, 4.69) is 10.4 Å². The van der Waals surface area contributed by atoms with Crippen molar-refractivity contribution in [3.8, 4) is 0 Å². The minimum atomic E-state index is -1.16. The molecule has 0 aliphatic heterocycles. The lowest BCUT2D eigenvalue weighted by Crippen LogP contribution is -2.22. The lowest BCUT2D eigenvalue weighted by molar-refractivity contribution is -0.305. The second kappa shape index (κ2) is 6.79. The lowest BCUT2D eigenvalue weighted by Gasteiger charge is -2.05. The van der Waals surface area contributed by atoms with Crippen molar-refractivity contribution >= 4 is 17.6 Å². The average Bonchev–Trinajstić information content (AvgIpc) is 2.85. The number of amides is 1. The van der Waals surface area contributed by atoms with Crippen LogP contribution in [-0.4, -0.2) is 21.7 Å². The van der Waals surface area contributed by atoms with Crippen molar-refractivity contribution in [3.63, 3.8) is 0 Å². The van der Waals surface area contributed by atoms with Crippen molar-refractivity contribution in [2.24, 2.45) is 0 Å². The summed E-state index contributed by atoms with van der Waals surface area (Å²) < 4.78 is 28.3. The maximum Gasteiger partial charge on any atom is 0.261 e. The van der Waals surface area contributed by atoms with E-state index in [0.717, 1.165) is 18.2 Å². The molecule has 1 aromatic heterocycles. The normalized spacial score (nSPS) is 10.5. The lowest BCUT2D eigenvalue weighted by atomic mass is 10.2. The van der Waals surface area contributed by atoms with Gasteiger partial charge in [0.15, 0.2) is 0 Å². The summed E-state index contributed by atoms with van der Waals surface area (Å²) in [5.74, 6) is -4.00. The molecule has 0 fully saturated rings. The van der Waals surface area contributed by atoms with Crippen LogP contribution in [0.4, 0.5) is 14.5 Å². The summed E-state index contributed by atoms with van der Waals surface area (Å²) in [7, 11) is 0. The van der Waals surface area contributed by atoms with Gasteiger partial charge in [-0.25, -0.2) is 8.78 Å². The molecular weight excluding hydrogens is 296 g/mol. The Balaban J connectivity index is 2.01. The number of nitrogens with one attached hydrogen (secondary N) is 1. The van der Waals surface area contributed by atoms with Gasteiger partial charge >= 0.3 is 0 Å². The Labute approximate surface area is 124 Å². The maximum absolute atomic E-state index is 13.5. The molecule has 1 aromatic carbocycles. The van der Waals surface area contributed by atoms with E-state index in [-0.39, 0.29) is 12.1 Å². The van der Waals surface area contributed by atoms with Gasteiger partial charge in [0, 0.05) is 18.7 Å². The van der Waals surface area contributed by atoms with Crippen LogP contribution in [-0.2, 0) is 11.3 Å². The molecular formula is C14H12F2N3O3-. The van der Waals surface area contributed by atoms with Gasteiger partial charge in [-0.3, -0.25) is 9.48 Å². The van der Waals surface area contributed by atoms with Crippen molar-refractivity contribution in [2.45, 2.75) is 19.4 Å². The number of anilines is 1. The van der Waals surface area contributed by atoms with Crippen molar-refractivity contribution < 1.29 is 23.5 Å². The van der Waals surface area contributed by atoms with Gasteiger partial charge in [-0.05, 0) is 25.0 Å². The number of carboxylic acid groups (broad SMARTS) is 1. The van der Waals surface area contributed by atoms with Crippen molar-refractivity contribution in [1.82, 2.24) is 9.78 Å². The maximum atomic E-state index is 13.5. The quantitative estimate of drug-likeness (QED) is 0.860. The van der Waals surface area contributed by atoms with Crippen molar-refractivity contribution in [2.75, 3.05) is 5.32 Å². The fourth-order valence-corrected chi connectivity index (χ4v) is 1.84. The monoisotopic (exact) mass is 308 g/mol. The number of halogens is 2. The zero-order chi connectivity index (χ0) is 16.1. The summed E-state index contributed by atoms with van der Waals surface area (Å²) in [5.41, 5.74) is -0.423. The van der Waals surface area contributed by atoms with Gasteiger partial charge in [0.05, 0.1) is 11.9 Å². The number of rotatable bonds is 6. The number of carbonyl (C=O) groups is 2. The van der Waals surface area contributed by atoms with Crippen LogP contribution in [0.3, 0.4) is 0 Å². The van der Waals surface area contributed by atoms with E-state index in [1.54, 1.807) is 0 Å². The summed E-state index contributed by atoms with van der Waals surface area (Å²) in [6, 6.07) is 3.14. The van der Waals surface area contributed by atoms with E-state index >= 15 is 0 Å². The van der Waals surface area contributed by atoms with Crippen LogP contribution in [0.15, 0.2) is 30.6 Å². The van der Waals surface area contributed by atoms with E-state index in [1.165, 1.54) is 17.1 Å². The van der Waals surface area contributed by atoms with Crippen LogP contribution in [0.1, 0.15) is 23.2 Å². The number of carboxylic acids is 1. The van der Waals surface area contributed by atoms with Gasteiger partial charge in [0.2, 0.25) is 0 Å². The molecule has 0 bridgehead atoms. The molecule has 0 aliphatic carbocycles. The number of aromatic nitrogens is 2. The summed E-state index contributed by atoms with van der Waals surface area (Å²) >= 11 is 0. The van der Waals surface area contributed by atoms with Gasteiger partial charge < -0.3 is 15.2 Å². The molecule has 1 N–H and O–H groups in total. The van der Waals surface area contributed by atoms with Crippen LogP contribution >= 0.6 is 0 Å². The molecule has 0 unspecified atom stereocenters. The first-order valence-corrected chi connectivity index (χ1v) is 6.45. The Hall–Kier alpha value is -2.77. The Morgan fingerprint density at radius 2 is 1.95 bits per heavy atom. The van der Waals surface area contributed by atoms with Crippen LogP contribution < -0.4 is 10.4 Å². The summed E-state index contributed by atoms with van der Waals surface area (Å²) in [5, 5.41) is 16.5. The Morgan fingerprint density at radius 1 is 1.27 bits per heavy atom. The molecule has 0 atom stereocenters. The molecule has 0 radical (unpaired) electrons. The van der Waals surface area contributed by atoms with Gasteiger partial charge in [-0.1, -0.05) is 6.07 Å². The predicted octanol–water partition coefficient (Wildman–Crippen LogP) is 0.944. The SMILES string of the molecule is O=C([O-])CCCn1cc(NC(=O)c2c(F)cccc2F)cn1. The molecule has 1 heterocycles. The van der Waals surface area contributed by atoms with E-state index in [4.69, 9.17) is 0 Å². The Morgan fingerprint density at radius 3 is 2.59 bits per heavy atom. The first-order chi connectivity index (χ1) is 10.5. The highest BCUT2D eigenvalue weighted by molar-refractivity contribution is 6.04. The van der Waals surface area contributed by atoms with E-state index < -0.39 is 29.1 Å². The van der Waals surface area contributed by atoms with Crippen LogP contribution in [0.2, 0.25) is 0 Å². The van der Waals surface area contributed by atoms with E-state index in [1.807, 2.05) is 0 Å². The van der Waals surface area contributed by atoms with Crippen LogP contribution in [0.25, 0.3) is 0 Å². The fraction of sp³-hybridized carbons (Fsp3) is 0.214. The fourth-order valence-electron chi connectivity index (χ4n) is 1.84. The van der Waals surface area contributed by atoms with Gasteiger partial charge in [0.25, 0.3) is 5.91 Å². The van der Waals surface area contributed by atoms with Crippen molar-refractivity contribution in [3.05, 3.63) is 47.8 Å². The molecule has 2 rings (SSSR count). The van der Waals surface area contributed by atoms with E-state index in [9.17, 15) is 23.5 Å². The number of hydrogen-bond acceptors (Lipinski definition) is 4. The molecule has 1 amide bonds. The van der Waals surface area contributed by atoms with Crippen molar-refractivity contribution in [1.29, 1.82) is 0 Å². The molecule has 0 aliphatic rings. The highest BCUT2D eigenvalue weighted by Gasteiger charge is 2.17. The second-order valence-corrected chi connectivity index (χ2v) is 4.52. The van der Waals surface area contributed by atoms with Gasteiger partial charge in [-0.15, -0.1) is 0 Å². The number of carbonyl (C=O) groups excluding carboxylic acids is 2. The van der Waals surface area contributed by atoms with E-state index in [0.29, 0.717) is 13.0 Å². The second-order valence-electron chi connectivity index (χ2n) is 4.52. The number of aliphatic carboxylic acids is 1. The smallest absolute Gasteiger partial charge is 0.261 e. The first kappa shape index (κ1) is 15.6. The molecule has 8 heteroatoms. The summed E-state index contributed by atoms with van der Waals surface area (Å²) in [6.45, 7) is 0.317. The zero-order valence-corrected chi connectivity index (χ0v) is 11.4. The third kappa shape index (κ3) is 3.87. The standard InChI is InChI=1S/C14H13F2N3O3/c15-10-3-1-4-11(16)13(10)14(22)18-9-7-17-19(8-9)6-2-5-12(20)21/h1,3-4,7-8H,2,5-6H2,(H,18,22)(H,20,21)/p-1. The molecule has 116 valence electrons. The average molecular weight is 308 g/mol. The molecule has 2 aromatic rings. The third-order valence-electron chi connectivity index (χ3n) is 2.85. The Bertz CT molecular complexity index is 680. The topological polar surface area (TPSA) is 87.0 Å². The number of aryl methyl sites for hydroxylation is 1. The first-order valence-electron chi connectivity index (χ1n) is 6.45. The van der Waals surface area contributed by atoms with Crippen LogP contribution in [0.5, 0.6) is 0 Å². The Kier molecular flexibility index (Phi) is 4.82. The largest absolute Gasteiger partial charge is 0.550 e. The minimum Gasteiger partial charge on any atom is -0.550 e. The number of benzene rings is 1. The molecule has 0 spiro atoms. The molecule has 22 heavy (non-hydrogen) atoms. The zero-order valence-electron chi connectivity index (χ0n) is 11.4. The summed E-state index contributed by atoms with van der Waals surface area (Å²) in [6.07, 6.45) is 2.95. The van der Waals surface area contributed by atoms with Gasteiger partial charge in [-0.2, -0.15) is 5.10 Å². The minimum absolute atomic E-state index is 0.109. The third-order valence-corrected chi connectivity index (χ3v) is 2.85. The number of hydrogen-bond donors (Lipinski definition) is 1. The number of nitrogens with zero attached hydrogens (tertiary/aromatic N) is 2. The molecule has 0 saturated heterocycles. The highest BCUT2D eigenvalue weighted by Crippen LogP contribution is 2.15. The van der Waals surface area contributed by atoms with Gasteiger partial charge in [0.1, 0.15) is 17.2 Å². The predicted molar refractivity (Wildman–Crippen MR) is 70.8 cm³/mol. The van der Waals surface area contributed by atoms with Crippen LogP contribution in [0, 0.1) is 11.6 Å². The molecule has 6 nitrogen and oxygen atoms in total. The highest BCUT2D eigenvalue weighted by atomic mass is 19.1.